The highest BCUT2D eigenvalue weighted by molar-refractivity contribution is 6.32. The molecule has 6 unspecified atom stereocenters. The second kappa shape index (κ2) is 9.26. The van der Waals surface area contributed by atoms with Crippen LogP contribution in [-0.4, -0.2) is 69.9 Å². The highest BCUT2D eigenvalue weighted by atomic mass is 16.3. The van der Waals surface area contributed by atoms with Crippen LogP contribution < -0.4 is 5.73 Å². The Morgan fingerprint density at radius 3 is 2.50 bits per heavy atom. The number of aromatic hydroxyl groups is 1. The molecule has 0 heterocycles. The Kier molecular flexibility index (Phi) is 6.62. The van der Waals surface area contributed by atoms with Gasteiger partial charge in [0, 0.05) is 17.9 Å². The van der Waals surface area contributed by atoms with Gasteiger partial charge < -0.3 is 15.9 Å². The summed E-state index contributed by atoms with van der Waals surface area (Å²) in [5.74, 6) is -4.34. The monoisotopic (exact) mass is 494 g/mol. The van der Waals surface area contributed by atoms with Crippen molar-refractivity contribution in [3.05, 3.63) is 28.8 Å². The van der Waals surface area contributed by atoms with Gasteiger partial charge in [-0.3, -0.25) is 28.9 Å². The first-order valence-corrected chi connectivity index (χ1v) is 12.1. The third-order valence-electron chi connectivity index (χ3n) is 7.82. The van der Waals surface area contributed by atoms with Crippen LogP contribution in [0.5, 0.6) is 5.75 Å². The first kappa shape index (κ1) is 25.7. The average Bonchev–Trinajstić information content (AvgIpc) is 2.80. The zero-order chi connectivity index (χ0) is 26.5. The Bertz CT molecular complexity index is 1240. The second-order valence-electron chi connectivity index (χ2n) is 10.2. The number of hydrogen-bond acceptors (Lipinski definition) is 8. The number of Topliss-reactive ketones (excluding diaryl/α,β-unsaturated/α-hetero) is 4. The van der Waals surface area contributed by atoms with Crippen LogP contribution in [0.25, 0.3) is 0 Å². The molecule has 1 amide bonds. The molecule has 9 nitrogen and oxygen atoms in total. The maximum atomic E-state index is 13.7. The van der Waals surface area contributed by atoms with E-state index in [0.29, 0.717) is 17.5 Å². The van der Waals surface area contributed by atoms with Gasteiger partial charge in [0.15, 0.2) is 34.7 Å². The predicted molar refractivity (Wildman–Crippen MR) is 128 cm³/mol. The van der Waals surface area contributed by atoms with E-state index < -0.39 is 64.4 Å². The zero-order valence-corrected chi connectivity index (χ0v) is 20.5. The second-order valence-corrected chi connectivity index (χ2v) is 10.2. The molecule has 0 bridgehead atoms. The number of benzene rings is 1. The largest absolute Gasteiger partial charge is 0.507 e. The van der Waals surface area contributed by atoms with Crippen molar-refractivity contribution in [3.63, 3.8) is 0 Å². The fourth-order valence-electron chi connectivity index (χ4n) is 6.14. The number of phenols is 1. The number of nitrogens with two attached hydrogens (primary N) is 1. The van der Waals surface area contributed by atoms with Crippen molar-refractivity contribution in [2.45, 2.75) is 50.7 Å². The van der Waals surface area contributed by atoms with Crippen molar-refractivity contribution < 1.29 is 34.2 Å². The smallest absolute Gasteiger partial charge is 0.235 e. The minimum Gasteiger partial charge on any atom is -0.507 e. The van der Waals surface area contributed by atoms with Crippen molar-refractivity contribution in [2.75, 3.05) is 14.1 Å². The number of ketones is 4. The number of rotatable bonds is 4. The van der Waals surface area contributed by atoms with Crippen LogP contribution in [0.1, 0.15) is 54.1 Å². The maximum absolute atomic E-state index is 13.7. The lowest BCUT2D eigenvalue weighted by Crippen LogP contribution is -2.74. The summed E-state index contributed by atoms with van der Waals surface area (Å²) in [5, 5.41) is 22.1. The van der Waals surface area contributed by atoms with Gasteiger partial charge in [-0.05, 0) is 57.0 Å². The fourth-order valence-corrected chi connectivity index (χ4v) is 6.14. The standard InChI is InChI=1S/C27H30N2O7/c1-4-5-6-7-8-13-9-10-17(30)19-15(13)11-14-12-16-21(29(2)3)23(32)20(26(28)35)25(34)27(16,36)24(33)18(14)22(19)31/h9-10,14,16,18,20-21,30,36H,4-6,11-12H2,1-3H3,(H2,28,35). The van der Waals surface area contributed by atoms with E-state index in [2.05, 4.69) is 18.8 Å². The summed E-state index contributed by atoms with van der Waals surface area (Å²) in [5.41, 5.74) is 3.66. The van der Waals surface area contributed by atoms with E-state index in [1.165, 1.54) is 11.0 Å². The number of aliphatic hydroxyl groups is 1. The van der Waals surface area contributed by atoms with Crippen molar-refractivity contribution in [2.24, 2.45) is 29.4 Å². The summed E-state index contributed by atoms with van der Waals surface area (Å²) in [6, 6.07) is 1.86. The molecule has 0 aromatic heterocycles. The summed E-state index contributed by atoms with van der Waals surface area (Å²) < 4.78 is 0. The normalized spacial score (nSPS) is 31.3. The molecule has 0 radical (unpaired) electrons. The van der Waals surface area contributed by atoms with Crippen molar-refractivity contribution in [1.29, 1.82) is 0 Å². The number of phenolic OH excluding ortho intramolecular Hbond substituents is 1. The highest BCUT2D eigenvalue weighted by Gasteiger charge is 2.69. The van der Waals surface area contributed by atoms with Gasteiger partial charge in [0.25, 0.3) is 0 Å². The minimum atomic E-state index is -2.72. The topological polar surface area (TPSA) is 155 Å². The van der Waals surface area contributed by atoms with Crippen LogP contribution in [0.2, 0.25) is 0 Å². The van der Waals surface area contributed by atoms with E-state index in [-0.39, 0.29) is 24.2 Å². The summed E-state index contributed by atoms with van der Waals surface area (Å²) >= 11 is 0. The molecular weight excluding hydrogens is 464 g/mol. The quantitative estimate of drug-likeness (QED) is 0.309. The molecule has 3 aliphatic carbocycles. The Balaban J connectivity index is 1.83. The van der Waals surface area contributed by atoms with E-state index in [1.807, 2.05) is 0 Å². The van der Waals surface area contributed by atoms with Crippen LogP contribution in [0.4, 0.5) is 0 Å². The molecule has 1 aromatic carbocycles. The van der Waals surface area contributed by atoms with E-state index in [1.54, 1.807) is 20.2 Å². The highest BCUT2D eigenvalue weighted by Crippen LogP contribution is 2.50. The Morgan fingerprint density at radius 2 is 1.89 bits per heavy atom. The summed E-state index contributed by atoms with van der Waals surface area (Å²) in [4.78, 5) is 67.2. The lowest BCUT2D eigenvalue weighted by Gasteiger charge is -2.52. The van der Waals surface area contributed by atoms with Crippen LogP contribution in [0, 0.1) is 35.5 Å². The number of carbonyl (C=O) groups is 5. The van der Waals surface area contributed by atoms with Crippen LogP contribution >= 0.6 is 0 Å². The number of primary amides is 1. The first-order valence-electron chi connectivity index (χ1n) is 12.1. The Labute approximate surface area is 209 Å². The van der Waals surface area contributed by atoms with E-state index in [0.717, 1.165) is 12.8 Å². The number of likely N-dealkylation sites (N-methyl/N-ethyl adjacent to an activating group) is 1. The molecule has 3 aliphatic rings. The van der Waals surface area contributed by atoms with Crippen LogP contribution in [0.15, 0.2) is 12.1 Å². The Morgan fingerprint density at radius 1 is 1.19 bits per heavy atom. The molecule has 2 saturated carbocycles. The van der Waals surface area contributed by atoms with Crippen molar-refractivity contribution in [1.82, 2.24) is 4.90 Å². The van der Waals surface area contributed by atoms with E-state index >= 15 is 0 Å². The number of nitrogens with zero attached hydrogens (tertiary/aromatic N) is 1. The molecular formula is C27H30N2O7. The number of unbranched alkanes of at least 4 members (excludes halogenated alkanes) is 2. The molecule has 6 atom stereocenters. The van der Waals surface area contributed by atoms with Gasteiger partial charge in [-0.2, -0.15) is 0 Å². The summed E-state index contributed by atoms with van der Waals surface area (Å²) in [6.07, 6.45) is 2.81. The molecule has 190 valence electrons. The number of fused-ring (bicyclic) bond motifs is 3. The molecule has 2 fully saturated rings. The van der Waals surface area contributed by atoms with Gasteiger partial charge in [0.05, 0.1) is 17.5 Å². The minimum absolute atomic E-state index is 0.0161. The van der Waals surface area contributed by atoms with E-state index in [4.69, 9.17) is 5.73 Å². The molecule has 36 heavy (non-hydrogen) atoms. The molecule has 9 heteroatoms. The lowest BCUT2D eigenvalue weighted by molar-refractivity contribution is -0.181. The first-order chi connectivity index (χ1) is 17.0. The molecule has 0 spiro atoms. The fraction of sp³-hybridized carbons (Fsp3) is 0.519. The molecule has 0 saturated heterocycles. The third kappa shape index (κ3) is 3.67. The van der Waals surface area contributed by atoms with Gasteiger partial charge in [0.2, 0.25) is 5.91 Å². The van der Waals surface area contributed by atoms with Crippen molar-refractivity contribution in [3.8, 4) is 17.6 Å². The zero-order valence-electron chi connectivity index (χ0n) is 20.5. The number of carbonyl (C=O) groups excluding carboxylic acids is 5. The maximum Gasteiger partial charge on any atom is 0.235 e. The van der Waals surface area contributed by atoms with Crippen molar-refractivity contribution >= 4 is 29.0 Å². The number of amides is 1. The summed E-state index contributed by atoms with van der Waals surface area (Å²) in [6.45, 7) is 2.05. The average molecular weight is 495 g/mol. The Hall–Kier alpha value is -3.35. The number of hydrogen-bond donors (Lipinski definition) is 3. The van der Waals surface area contributed by atoms with Gasteiger partial charge >= 0.3 is 0 Å². The van der Waals surface area contributed by atoms with Crippen LogP contribution in [0.3, 0.4) is 0 Å². The van der Waals surface area contributed by atoms with Gasteiger partial charge in [-0.15, -0.1) is 0 Å². The molecule has 4 rings (SSSR count). The molecule has 1 aromatic rings. The SMILES string of the molecule is CCCCC#Cc1ccc(O)c2c1CC1CC3C(N(C)C)C(=O)C(C(N)=O)C(=O)C3(O)C(=O)C1C2=O. The van der Waals surface area contributed by atoms with Gasteiger partial charge in [0.1, 0.15) is 5.75 Å². The van der Waals surface area contributed by atoms with Crippen LogP contribution in [-0.2, 0) is 25.6 Å². The summed E-state index contributed by atoms with van der Waals surface area (Å²) in [7, 11) is 3.10. The predicted octanol–water partition coefficient (Wildman–Crippen LogP) is 0.409. The third-order valence-corrected chi connectivity index (χ3v) is 7.82. The van der Waals surface area contributed by atoms with E-state index in [9.17, 15) is 34.2 Å². The molecule has 0 aliphatic heterocycles. The molecule has 4 N–H and O–H groups in total. The van der Waals surface area contributed by atoms with Gasteiger partial charge in [-0.1, -0.05) is 25.2 Å². The lowest BCUT2D eigenvalue weighted by atomic mass is 9.52. The van der Waals surface area contributed by atoms with Gasteiger partial charge in [-0.25, -0.2) is 0 Å².